The zero-order valence-corrected chi connectivity index (χ0v) is 7.51. The highest BCUT2D eigenvalue weighted by atomic mass is 16.6. The quantitative estimate of drug-likeness (QED) is 0.514. The first-order valence-electron chi connectivity index (χ1n) is 4.10. The first-order chi connectivity index (χ1) is 6.83. The third-order valence-electron chi connectivity index (χ3n) is 1.41. The van der Waals surface area contributed by atoms with Gasteiger partial charge in [0.25, 0.3) is 0 Å². The topological polar surface area (TPSA) is 52.6 Å². The van der Waals surface area contributed by atoms with Crippen LogP contribution >= 0.6 is 0 Å². The molecule has 0 atom stereocenters. The van der Waals surface area contributed by atoms with Gasteiger partial charge in [-0.25, -0.2) is 4.79 Å². The highest BCUT2D eigenvalue weighted by Crippen LogP contribution is 2.07. The predicted octanol–water partition coefficient (Wildman–Crippen LogP) is 0.807. The fourth-order valence-corrected chi connectivity index (χ4v) is 0.828. The minimum Gasteiger partial charge on any atom is -0.482 e. The molecule has 0 N–H and O–H groups in total. The normalized spacial score (nSPS) is 9.14. The lowest BCUT2D eigenvalue weighted by molar-refractivity contribution is -0.147. The molecule has 0 aromatic heterocycles. The van der Waals surface area contributed by atoms with Crippen molar-refractivity contribution >= 4 is 12.3 Å². The standard InChI is InChI=1S/C10H10O4/c11-6-7-13-10(12)8-14-9-4-2-1-3-5-9/h1-6H,7-8H2. The summed E-state index contributed by atoms with van der Waals surface area (Å²) in [6.07, 6.45) is 0.514. The van der Waals surface area contributed by atoms with Crippen LogP contribution in [0.4, 0.5) is 0 Å². The fourth-order valence-electron chi connectivity index (χ4n) is 0.828. The largest absolute Gasteiger partial charge is 0.482 e. The van der Waals surface area contributed by atoms with Crippen molar-refractivity contribution in [2.75, 3.05) is 13.2 Å². The first-order valence-corrected chi connectivity index (χ1v) is 4.10. The zero-order chi connectivity index (χ0) is 10.2. The summed E-state index contributed by atoms with van der Waals surface area (Å²) < 4.78 is 9.56. The Morgan fingerprint density at radius 2 is 2.00 bits per heavy atom. The highest BCUT2D eigenvalue weighted by Gasteiger charge is 2.02. The van der Waals surface area contributed by atoms with E-state index in [1.54, 1.807) is 24.3 Å². The number of carbonyl (C=O) groups is 2. The van der Waals surface area contributed by atoms with Crippen molar-refractivity contribution in [1.82, 2.24) is 0 Å². The van der Waals surface area contributed by atoms with Crippen LogP contribution in [0, 0.1) is 0 Å². The smallest absolute Gasteiger partial charge is 0.344 e. The molecule has 4 heteroatoms. The van der Waals surface area contributed by atoms with Crippen molar-refractivity contribution in [3.63, 3.8) is 0 Å². The molecule has 1 rings (SSSR count). The van der Waals surface area contributed by atoms with Crippen LogP contribution in [0.15, 0.2) is 30.3 Å². The minimum atomic E-state index is -0.555. The second-order valence-corrected chi connectivity index (χ2v) is 2.45. The molecule has 0 unspecified atom stereocenters. The number of benzene rings is 1. The van der Waals surface area contributed by atoms with E-state index in [0.29, 0.717) is 12.0 Å². The molecule has 4 nitrogen and oxygen atoms in total. The maximum absolute atomic E-state index is 10.9. The van der Waals surface area contributed by atoms with Crippen LogP contribution in [0.2, 0.25) is 0 Å². The summed E-state index contributed by atoms with van der Waals surface area (Å²) in [7, 11) is 0. The Kier molecular flexibility index (Phi) is 4.20. The average molecular weight is 194 g/mol. The van der Waals surface area contributed by atoms with Crippen LogP contribution in [0.5, 0.6) is 5.75 Å². The molecule has 0 aliphatic rings. The lowest BCUT2D eigenvalue weighted by Crippen LogP contribution is -2.15. The molecule has 0 aliphatic heterocycles. The van der Waals surface area contributed by atoms with Crippen molar-refractivity contribution < 1.29 is 19.1 Å². The SMILES string of the molecule is O=CCOC(=O)COc1ccccc1. The molecule has 14 heavy (non-hydrogen) atoms. The van der Waals surface area contributed by atoms with E-state index in [1.807, 2.05) is 6.07 Å². The lowest BCUT2D eigenvalue weighted by Gasteiger charge is -2.04. The van der Waals surface area contributed by atoms with E-state index in [-0.39, 0.29) is 13.2 Å². The second-order valence-electron chi connectivity index (χ2n) is 2.45. The Hall–Kier alpha value is -1.84. The lowest BCUT2D eigenvalue weighted by atomic mass is 10.3. The van der Waals surface area contributed by atoms with Crippen LogP contribution in [0.3, 0.4) is 0 Å². The molecule has 0 saturated heterocycles. The summed E-state index contributed by atoms with van der Waals surface area (Å²) in [5.74, 6) is 0.0384. The van der Waals surface area contributed by atoms with Gasteiger partial charge in [0.1, 0.15) is 12.4 Å². The average Bonchev–Trinajstić information content (AvgIpc) is 2.25. The third kappa shape index (κ3) is 3.71. The Labute approximate surface area is 81.4 Å². The van der Waals surface area contributed by atoms with Gasteiger partial charge in [0.05, 0.1) is 0 Å². The molecule has 0 bridgehead atoms. The van der Waals surface area contributed by atoms with Crippen LogP contribution in [-0.4, -0.2) is 25.5 Å². The van der Waals surface area contributed by atoms with Gasteiger partial charge in [0.15, 0.2) is 12.9 Å². The van der Waals surface area contributed by atoms with Gasteiger partial charge in [-0.1, -0.05) is 18.2 Å². The number of hydrogen-bond donors (Lipinski definition) is 0. The number of carbonyl (C=O) groups excluding carboxylic acids is 2. The molecular weight excluding hydrogens is 184 g/mol. The molecule has 0 aliphatic carbocycles. The molecule has 74 valence electrons. The summed E-state index contributed by atoms with van der Waals surface area (Å²) in [4.78, 5) is 20.7. The van der Waals surface area contributed by atoms with Crippen LogP contribution in [0.1, 0.15) is 0 Å². The molecule has 0 fully saturated rings. The van der Waals surface area contributed by atoms with Gasteiger partial charge in [-0.3, -0.25) is 4.79 Å². The Bertz CT molecular complexity index is 294. The Balaban J connectivity index is 2.27. The molecule has 0 amide bonds. The van der Waals surface area contributed by atoms with E-state index >= 15 is 0 Å². The molecule has 0 heterocycles. The van der Waals surface area contributed by atoms with E-state index in [0.717, 1.165) is 0 Å². The molecule has 0 radical (unpaired) electrons. The van der Waals surface area contributed by atoms with Crippen molar-refractivity contribution in [1.29, 1.82) is 0 Å². The van der Waals surface area contributed by atoms with Crippen molar-refractivity contribution in [3.8, 4) is 5.75 Å². The van der Waals surface area contributed by atoms with Gasteiger partial charge < -0.3 is 9.47 Å². The van der Waals surface area contributed by atoms with Gasteiger partial charge in [0, 0.05) is 0 Å². The minimum absolute atomic E-state index is 0.183. The maximum atomic E-state index is 10.9. The van der Waals surface area contributed by atoms with Crippen molar-refractivity contribution in [2.45, 2.75) is 0 Å². The second kappa shape index (κ2) is 5.75. The van der Waals surface area contributed by atoms with Crippen LogP contribution < -0.4 is 4.74 Å². The van der Waals surface area contributed by atoms with E-state index in [4.69, 9.17) is 4.74 Å². The van der Waals surface area contributed by atoms with Crippen LogP contribution in [0.25, 0.3) is 0 Å². The number of para-hydroxylation sites is 1. The summed E-state index contributed by atoms with van der Waals surface area (Å²) in [5, 5.41) is 0. The summed E-state index contributed by atoms with van der Waals surface area (Å²) in [5.41, 5.74) is 0. The number of esters is 1. The van der Waals surface area contributed by atoms with E-state index in [2.05, 4.69) is 4.74 Å². The van der Waals surface area contributed by atoms with E-state index < -0.39 is 5.97 Å². The van der Waals surface area contributed by atoms with E-state index in [1.165, 1.54) is 0 Å². The van der Waals surface area contributed by atoms with Gasteiger partial charge in [-0.2, -0.15) is 0 Å². The summed E-state index contributed by atoms with van der Waals surface area (Å²) >= 11 is 0. The number of rotatable bonds is 5. The molecular formula is C10H10O4. The van der Waals surface area contributed by atoms with E-state index in [9.17, 15) is 9.59 Å². The first kappa shape index (κ1) is 10.2. The third-order valence-corrected chi connectivity index (χ3v) is 1.41. The van der Waals surface area contributed by atoms with Crippen molar-refractivity contribution in [2.24, 2.45) is 0 Å². The highest BCUT2D eigenvalue weighted by molar-refractivity contribution is 5.72. The van der Waals surface area contributed by atoms with Crippen molar-refractivity contribution in [3.05, 3.63) is 30.3 Å². The fraction of sp³-hybridized carbons (Fsp3) is 0.200. The summed E-state index contributed by atoms with van der Waals surface area (Å²) in [6, 6.07) is 8.90. The van der Waals surface area contributed by atoms with Gasteiger partial charge in [0.2, 0.25) is 0 Å². The summed E-state index contributed by atoms with van der Waals surface area (Å²) in [6.45, 7) is -0.408. The molecule has 0 saturated carbocycles. The Morgan fingerprint density at radius 3 is 2.64 bits per heavy atom. The Morgan fingerprint density at radius 1 is 1.29 bits per heavy atom. The number of ether oxygens (including phenoxy) is 2. The van der Waals surface area contributed by atoms with Gasteiger partial charge in [-0.05, 0) is 12.1 Å². The zero-order valence-electron chi connectivity index (χ0n) is 7.51. The van der Waals surface area contributed by atoms with Gasteiger partial charge in [-0.15, -0.1) is 0 Å². The van der Waals surface area contributed by atoms with Crippen LogP contribution in [-0.2, 0) is 14.3 Å². The number of hydrogen-bond acceptors (Lipinski definition) is 4. The molecule has 1 aromatic rings. The maximum Gasteiger partial charge on any atom is 0.344 e. The molecule has 0 spiro atoms. The predicted molar refractivity (Wildman–Crippen MR) is 49.0 cm³/mol. The van der Waals surface area contributed by atoms with Gasteiger partial charge >= 0.3 is 5.97 Å². The number of aldehydes is 1. The monoisotopic (exact) mass is 194 g/mol. The molecule has 1 aromatic carbocycles.